The number of rotatable bonds is 10. The summed E-state index contributed by atoms with van der Waals surface area (Å²) in [5.74, 6) is 0. The molecule has 0 aliphatic carbocycles. The Morgan fingerprint density at radius 1 is 0.913 bits per heavy atom. The van der Waals surface area contributed by atoms with E-state index >= 15 is 0 Å². The van der Waals surface area contributed by atoms with Crippen LogP contribution in [-0.4, -0.2) is 33.1 Å². The fraction of sp³-hybridized carbons (Fsp3) is 0.789. The molecule has 0 saturated carbocycles. The second-order valence-corrected chi connectivity index (χ2v) is 14.7. The van der Waals surface area contributed by atoms with Gasteiger partial charge in [0.25, 0.3) is 0 Å². The van der Waals surface area contributed by atoms with Gasteiger partial charge in [0.1, 0.15) is 0 Å². The first-order chi connectivity index (χ1) is 10.3. The van der Waals surface area contributed by atoms with E-state index in [1.807, 2.05) is 0 Å². The third kappa shape index (κ3) is 6.10. The van der Waals surface area contributed by atoms with Crippen molar-refractivity contribution in [3.05, 3.63) is 11.6 Å². The molecule has 0 aliphatic rings. The molecule has 0 amide bonds. The van der Waals surface area contributed by atoms with Crippen molar-refractivity contribution in [2.45, 2.75) is 98.4 Å². The zero-order valence-corrected chi connectivity index (χ0v) is 18.0. The van der Waals surface area contributed by atoms with E-state index in [1.54, 1.807) is 14.8 Å². The van der Waals surface area contributed by atoms with Crippen molar-refractivity contribution in [2.75, 3.05) is 0 Å². The Kier molecular flexibility index (Phi) is 10.8. The van der Waals surface area contributed by atoms with Gasteiger partial charge in [0, 0.05) is 6.15 Å². The van der Waals surface area contributed by atoms with Gasteiger partial charge in [-0.3, -0.25) is 0 Å². The van der Waals surface area contributed by atoms with E-state index in [0.717, 1.165) is 0 Å². The molecule has 0 bridgehead atoms. The summed E-state index contributed by atoms with van der Waals surface area (Å²) in [6.07, 6.45) is 10.6. The Labute approximate surface area is 163 Å². The average Bonchev–Trinajstić information content (AvgIpc) is 2.91. The molecule has 1 heterocycles. The molecule has 130 valence electrons. The average molecular weight is 345 g/mol. The minimum atomic E-state index is -1.21. The molecule has 4 heteroatoms. The Morgan fingerprint density at radius 2 is 1.48 bits per heavy atom. The SMILES string of the molecule is CCCCCCc1cc([B-](CC)(CC)CC)sc1[Si](C)(C)C.[LiH]. The van der Waals surface area contributed by atoms with Gasteiger partial charge in [-0.15, -0.1) is 0 Å². The number of thiophene rings is 1. The van der Waals surface area contributed by atoms with Gasteiger partial charge >= 0.3 is 18.9 Å². The predicted molar refractivity (Wildman–Crippen MR) is 119 cm³/mol. The van der Waals surface area contributed by atoms with Gasteiger partial charge < -0.3 is 0 Å². The van der Waals surface area contributed by atoms with Gasteiger partial charge in [0.2, 0.25) is 0 Å². The maximum absolute atomic E-state index is 2.64. The molecule has 0 spiro atoms. The van der Waals surface area contributed by atoms with Gasteiger partial charge in [0.15, 0.2) is 0 Å². The van der Waals surface area contributed by atoms with Gasteiger partial charge in [-0.2, -0.15) is 35.1 Å². The van der Waals surface area contributed by atoms with Crippen LogP contribution in [0.25, 0.3) is 0 Å². The van der Waals surface area contributed by atoms with E-state index < -0.39 is 8.07 Å². The molecule has 0 nitrogen and oxygen atoms in total. The molecular formula is C19H39BLiSSi-. The topological polar surface area (TPSA) is 0 Å². The van der Waals surface area contributed by atoms with Crippen LogP contribution in [0.4, 0.5) is 0 Å². The van der Waals surface area contributed by atoms with Crippen LogP contribution in [0.1, 0.15) is 58.9 Å². The van der Waals surface area contributed by atoms with E-state index in [0.29, 0.717) is 0 Å². The quantitative estimate of drug-likeness (QED) is 0.389. The minimum absolute atomic E-state index is 0. The molecule has 0 N–H and O–H groups in total. The standard InChI is InChI=1S/C19H38BSSi.Li.H/c1-8-12-13-14-15-17-16-18(20(9-2,10-3)11-4)21-19(17)22(5,6)7;;/h16H,8-15H2,1-7H3;;/q-1;;. The summed E-state index contributed by atoms with van der Waals surface area (Å²) in [6.45, 7) is 17.1. The summed E-state index contributed by atoms with van der Waals surface area (Å²) in [6, 6.07) is 2.64. The molecule has 1 aromatic heterocycles. The van der Waals surface area contributed by atoms with Crippen molar-refractivity contribution >= 4 is 53.7 Å². The molecule has 0 fully saturated rings. The van der Waals surface area contributed by atoms with Crippen LogP contribution in [0.15, 0.2) is 6.07 Å². The van der Waals surface area contributed by atoms with Crippen molar-refractivity contribution in [1.82, 2.24) is 0 Å². The van der Waals surface area contributed by atoms with Crippen LogP contribution in [0, 0.1) is 0 Å². The summed E-state index contributed by atoms with van der Waals surface area (Å²) in [5.41, 5.74) is 1.72. The predicted octanol–water partition coefficient (Wildman–Crippen LogP) is 5.48. The molecular weight excluding hydrogens is 306 g/mol. The first-order valence-electron chi connectivity index (χ1n) is 9.68. The van der Waals surface area contributed by atoms with Gasteiger partial charge in [-0.05, 0) is 22.9 Å². The van der Waals surface area contributed by atoms with Gasteiger partial charge in [0.05, 0.1) is 8.07 Å². The van der Waals surface area contributed by atoms with Crippen LogP contribution in [0.5, 0.6) is 0 Å². The van der Waals surface area contributed by atoms with E-state index in [1.165, 1.54) is 51.1 Å². The van der Waals surface area contributed by atoms with E-state index in [2.05, 4.69) is 64.7 Å². The Bertz CT molecular complexity index is 438. The van der Waals surface area contributed by atoms with Gasteiger partial charge in [-0.25, -0.2) is 0 Å². The monoisotopic (exact) mass is 345 g/mol. The number of unbranched alkanes of at least 4 members (excludes halogenated alkanes) is 3. The fourth-order valence-electron chi connectivity index (χ4n) is 3.78. The molecule has 0 saturated heterocycles. The van der Waals surface area contributed by atoms with Crippen molar-refractivity contribution in [1.29, 1.82) is 0 Å². The number of hydrogen-bond donors (Lipinski definition) is 0. The molecule has 23 heavy (non-hydrogen) atoms. The van der Waals surface area contributed by atoms with Crippen molar-refractivity contribution in [3.63, 3.8) is 0 Å². The second-order valence-electron chi connectivity index (χ2n) is 8.27. The number of aryl methyl sites for hydroxylation is 1. The molecule has 1 aromatic rings. The van der Waals surface area contributed by atoms with Crippen molar-refractivity contribution in [3.8, 4) is 0 Å². The maximum atomic E-state index is 2.64. The Hall–Kier alpha value is 0.579. The third-order valence-electron chi connectivity index (χ3n) is 5.76. The van der Waals surface area contributed by atoms with Crippen LogP contribution < -0.4 is 9.28 Å². The second kappa shape index (κ2) is 10.5. The summed E-state index contributed by atoms with van der Waals surface area (Å²) in [5, 5.41) is 0. The van der Waals surface area contributed by atoms with Crippen LogP contribution >= 0.6 is 11.3 Å². The summed E-state index contributed by atoms with van der Waals surface area (Å²) >= 11 is 2.20. The summed E-state index contributed by atoms with van der Waals surface area (Å²) in [4.78, 5) is 0. The van der Waals surface area contributed by atoms with E-state index in [4.69, 9.17) is 0 Å². The van der Waals surface area contributed by atoms with Crippen molar-refractivity contribution < 1.29 is 0 Å². The van der Waals surface area contributed by atoms with Crippen LogP contribution in [-0.2, 0) is 6.42 Å². The molecule has 0 aliphatic heterocycles. The molecule has 0 aromatic carbocycles. The Morgan fingerprint density at radius 3 is 1.91 bits per heavy atom. The van der Waals surface area contributed by atoms with E-state index in [9.17, 15) is 0 Å². The van der Waals surface area contributed by atoms with E-state index in [-0.39, 0.29) is 25.0 Å². The first-order valence-corrected chi connectivity index (χ1v) is 14.0. The van der Waals surface area contributed by atoms with Gasteiger partial charge in [-0.1, -0.05) is 72.7 Å². The number of hydrogen-bond acceptors (Lipinski definition) is 1. The summed E-state index contributed by atoms with van der Waals surface area (Å²) in [7, 11) is -1.21. The molecule has 0 unspecified atom stereocenters. The fourth-order valence-corrected chi connectivity index (χ4v) is 8.00. The van der Waals surface area contributed by atoms with Crippen LogP contribution in [0.3, 0.4) is 0 Å². The van der Waals surface area contributed by atoms with Crippen molar-refractivity contribution in [2.24, 2.45) is 0 Å². The zero-order chi connectivity index (χ0) is 16.8. The Balaban J connectivity index is 0.00000484. The molecule has 1 rings (SSSR count). The first kappa shape index (κ1) is 23.6. The summed E-state index contributed by atoms with van der Waals surface area (Å²) < 4.78 is 3.54. The third-order valence-corrected chi connectivity index (χ3v) is 10.9. The normalized spacial score (nSPS) is 12.3. The molecule has 0 atom stereocenters. The van der Waals surface area contributed by atoms with Crippen LogP contribution in [0.2, 0.25) is 38.6 Å². The zero-order valence-electron chi connectivity index (χ0n) is 16.2. The molecule has 0 radical (unpaired) electrons.